The molecular formula is C6H6ClFN2O. The second-order valence-corrected chi connectivity index (χ2v) is 2.26. The average Bonchev–Trinajstić information content (AvgIpc) is 1.99. The number of hydrogen-bond acceptors (Lipinski definition) is 3. The molecule has 0 N–H and O–H groups in total. The van der Waals surface area contributed by atoms with E-state index in [2.05, 4.69) is 14.7 Å². The van der Waals surface area contributed by atoms with E-state index in [0.29, 0.717) is 0 Å². The molecule has 1 aromatic rings. The number of ether oxygens (including phenoxy) is 1. The standard InChI is InChI=1S/C6H6ClFN2O/c1-3-4(8)5(7)10-6(9-3)11-2/h1-2H3. The third kappa shape index (κ3) is 1.57. The van der Waals surface area contributed by atoms with E-state index in [4.69, 9.17) is 11.6 Å². The van der Waals surface area contributed by atoms with Crippen LogP contribution < -0.4 is 4.74 Å². The summed E-state index contributed by atoms with van der Waals surface area (Å²) < 4.78 is 17.4. The maximum atomic E-state index is 12.7. The first kappa shape index (κ1) is 8.20. The Morgan fingerprint density at radius 3 is 2.55 bits per heavy atom. The van der Waals surface area contributed by atoms with Crippen molar-refractivity contribution in [3.05, 3.63) is 16.7 Å². The molecule has 1 aromatic heterocycles. The lowest BCUT2D eigenvalue weighted by atomic mass is 10.4. The molecule has 0 aromatic carbocycles. The number of rotatable bonds is 1. The van der Waals surface area contributed by atoms with Crippen LogP contribution in [0, 0.1) is 12.7 Å². The van der Waals surface area contributed by atoms with Crippen molar-refractivity contribution >= 4 is 11.6 Å². The van der Waals surface area contributed by atoms with Crippen LogP contribution in [0.1, 0.15) is 5.69 Å². The van der Waals surface area contributed by atoms with Gasteiger partial charge >= 0.3 is 6.01 Å². The summed E-state index contributed by atoms with van der Waals surface area (Å²) in [4.78, 5) is 7.17. The lowest BCUT2D eigenvalue weighted by Gasteiger charge is -2.00. The summed E-state index contributed by atoms with van der Waals surface area (Å²) in [6, 6.07) is 0.0777. The highest BCUT2D eigenvalue weighted by atomic mass is 35.5. The molecule has 0 aliphatic heterocycles. The van der Waals surface area contributed by atoms with Gasteiger partial charge in [0.1, 0.15) is 0 Å². The van der Waals surface area contributed by atoms with Gasteiger partial charge in [-0.05, 0) is 6.92 Å². The fourth-order valence-corrected chi connectivity index (χ4v) is 0.800. The smallest absolute Gasteiger partial charge is 0.317 e. The SMILES string of the molecule is COc1nc(C)c(F)c(Cl)n1. The third-order valence-electron chi connectivity index (χ3n) is 1.14. The van der Waals surface area contributed by atoms with E-state index in [1.807, 2.05) is 0 Å². The third-order valence-corrected chi connectivity index (χ3v) is 1.39. The van der Waals surface area contributed by atoms with Crippen molar-refractivity contribution in [1.29, 1.82) is 0 Å². The van der Waals surface area contributed by atoms with Crippen LogP contribution in [0.4, 0.5) is 4.39 Å². The molecule has 0 atom stereocenters. The normalized spacial score (nSPS) is 9.82. The lowest BCUT2D eigenvalue weighted by molar-refractivity contribution is 0.375. The van der Waals surface area contributed by atoms with Gasteiger partial charge in [0.25, 0.3) is 0 Å². The molecule has 1 heterocycles. The predicted octanol–water partition coefficient (Wildman–Crippen LogP) is 1.59. The Hall–Kier alpha value is -0.900. The molecule has 0 radical (unpaired) electrons. The summed E-state index contributed by atoms with van der Waals surface area (Å²) in [7, 11) is 1.39. The van der Waals surface area contributed by atoms with Gasteiger partial charge in [0.05, 0.1) is 12.8 Å². The first-order valence-corrected chi connectivity index (χ1v) is 3.26. The molecule has 0 saturated heterocycles. The number of halogens is 2. The van der Waals surface area contributed by atoms with Gasteiger partial charge < -0.3 is 4.74 Å². The minimum Gasteiger partial charge on any atom is -0.467 e. The van der Waals surface area contributed by atoms with E-state index in [1.165, 1.54) is 14.0 Å². The van der Waals surface area contributed by atoms with Gasteiger partial charge in [0.15, 0.2) is 11.0 Å². The second kappa shape index (κ2) is 3.00. The van der Waals surface area contributed by atoms with Gasteiger partial charge in [-0.2, -0.15) is 9.97 Å². The zero-order valence-corrected chi connectivity index (χ0v) is 6.81. The van der Waals surface area contributed by atoms with Crippen LogP contribution in [0.5, 0.6) is 6.01 Å². The molecule has 11 heavy (non-hydrogen) atoms. The molecule has 1 rings (SSSR count). The van der Waals surface area contributed by atoms with Crippen LogP contribution in [0.25, 0.3) is 0 Å². The van der Waals surface area contributed by atoms with Crippen LogP contribution in [-0.2, 0) is 0 Å². The summed E-state index contributed by atoms with van der Waals surface area (Å²) in [5, 5.41) is -0.214. The summed E-state index contributed by atoms with van der Waals surface area (Å²) >= 11 is 5.39. The quantitative estimate of drug-likeness (QED) is 0.610. The van der Waals surface area contributed by atoms with E-state index in [1.54, 1.807) is 0 Å². The van der Waals surface area contributed by atoms with Gasteiger partial charge in [0.2, 0.25) is 0 Å². The summed E-state index contributed by atoms with van der Waals surface area (Å²) in [5.74, 6) is -0.604. The number of aromatic nitrogens is 2. The minimum absolute atomic E-state index is 0.0777. The summed E-state index contributed by atoms with van der Waals surface area (Å²) in [5.41, 5.74) is 0.182. The first-order valence-electron chi connectivity index (χ1n) is 2.88. The van der Waals surface area contributed by atoms with Crippen molar-refractivity contribution in [1.82, 2.24) is 9.97 Å². The van der Waals surface area contributed by atoms with Gasteiger partial charge in [-0.3, -0.25) is 0 Å². The molecule has 60 valence electrons. The zero-order chi connectivity index (χ0) is 8.43. The fourth-order valence-electron chi connectivity index (χ4n) is 0.591. The summed E-state index contributed by atoms with van der Waals surface area (Å²) in [6.07, 6.45) is 0. The number of nitrogens with zero attached hydrogens (tertiary/aromatic N) is 2. The molecule has 0 aliphatic carbocycles. The van der Waals surface area contributed by atoms with Gasteiger partial charge in [-0.1, -0.05) is 11.6 Å². The average molecular weight is 177 g/mol. The molecular weight excluding hydrogens is 171 g/mol. The zero-order valence-electron chi connectivity index (χ0n) is 6.06. The molecule has 3 nitrogen and oxygen atoms in total. The monoisotopic (exact) mass is 176 g/mol. The van der Waals surface area contributed by atoms with Crippen molar-refractivity contribution in [2.75, 3.05) is 7.11 Å². The molecule has 0 spiro atoms. The van der Waals surface area contributed by atoms with E-state index >= 15 is 0 Å². The van der Waals surface area contributed by atoms with Crippen molar-refractivity contribution in [2.45, 2.75) is 6.92 Å². The Morgan fingerprint density at radius 2 is 2.09 bits per heavy atom. The fraction of sp³-hybridized carbons (Fsp3) is 0.333. The highest BCUT2D eigenvalue weighted by molar-refractivity contribution is 6.29. The number of aryl methyl sites for hydroxylation is 1. The Labute approximate surface area is 68.2 Å². The van der Waals surface area contributed by atoms with Crippen LogP contribution in [0.2, 0.25) is 5.15 Å². The van der Waals surface area contributed by atoms with Crippen molar-refractivity contribution in [2.24, 2.45) is 0 Å². The minimum atomic E-state index is -0.604. The Bertz CT molecular complexity index is 256. The van der Waals surface area contributed by atoms with E-state index in [-0.39, 0.29) is 16.9 Å². The lowest BCUT2D eigenvalue weighted by Crippen LogP contribution is -1.97. The van der Waals surface area contributed by atoms with Crippen molar-refractivity contribution < 1.29 is 9.13 Å². The largest absolute Gasteiger partial charge is 0.467 e. The van der Waals surface area contributed by atoms with E-state index in [9.17, 15) is 4.39 Å². The molecule has 0 amide bonds. The maximum Gasteiger partial charge on any atom is 0.317 e. The molecule has 0 saturated carbocycles. The van der Waals surface area contributed by atoms with Crippen LogP contribution in [0.15, 0.2) is 0 Å². The molecule has 0 unspecified atom stereocenters. The van der Waals surface area contributed by atoms with Crippen LogP contribution >= 0.6 is 11.6 Å². The topological polar surface area (TPSA) is 35.0 Å². The van der Waals surface area contributed by atoms with Gasteiger partial charge in [0, 0.05) is 0 Å². The van der Waals surface area contributed by atoms with Crippen molar-refractivity contribution in [3.63, 3.8) is 0 Å². The maximum absolute atomic E-state index is 12.7. The van der Waals surface area contributed by atoms with Crippen LogP contribution in [-0.4, -0.2) is 17.1 Å². The first-order chi connectivity index (χ1) is 5.15. The van der Waals surface area contributed by atoms with Gasteiger partial charge in [-0.25, -0.2) is 4.39 Å². The van der Waals surface area contributed by atoms with Crippen LogP contribution in [0.3, 0.4) is 0 Å². The van der Waals surface area contributed by atoms with E-state index in [0.717, 1.165) is 0 Å². The molecule has 5 heteroatoms. The Balaban J connectivity index is 3.21. The molecule has 0 aliphatic rings. The second-order valence-electron chi connectivity index (χ2n) is 1.90. The predicted molar refractivity (Wildman–Crippen MR) is 38.3 cm³/mol. The highest BCUT2D eigenvalue weighted by Crippen LogP contribution is 2.16. The number of methoxy groups -OCH3 is 1. The summed E-state index contributed by atoms with van der Waals surface area (Å²) in [6.45, 7) is 1.49. The van der Waals surface area contributed by atoms with Gasteiger partial charge in [-0.15, -0.1) is 0 Å². The van der Waals surface area contributed by atoms with E-state index < -0.39 is 5.82 Å². The molecule has 0 bridgehead atoms. The highest BCUT2D eigenvalue weighted by Gasteiger charge is 2.08. The Morgan fingerprint density at radius 1 is 1.45 bits per heavy atom. The van der Waals surface area contributed by atoms with Crippen molar-refractivity contribution in [3.8, 4) is 6.01 Å². The number of hydrogen-bond donors (Lipinski definition) is 0. The molecule has 0 fully saturated rings. The Kier molecular flexibility index (Phi) is 2.24.